The normalized spacial score (nSPS) is 10.9. The molecule has 4 aromatic rings. The van der Waals surface area contributed by atoms with Crippen molar-refractivity contribution in [1.29, 1.82) is 0 Å². The SMILES string of the molecule is O=C(CCCc1c[nH]c2ccccc12)Nc1ccc(-c2nnco2)cc1. The second-order valence-corrected chi connectivity index (χ2v) is 6.08. The number of aromatic nitrogens is 3. The van der Waals surface area contributed by atoms with Crippen molar-refractivity contribution < 1.29 is 9.21 Å². The van der Waals surface area contributed by atoms with Crippen LogP contribution in [0.4, 0.5) is 5.69 Å². The Morgan fingerprint density at radius 1 is 1.12 bits per heavy atom. The van der Waals surface area contributed by atoms with E-state index in [0.29, 0.717) is 12.3 Å². The van der Waals surface area contributed by atoms with Gasteiger partial charge in [0.25, 0.3) is 0 Å². The third kappa shape index (κ3) is 3.49. The van der Waals surface area contributed by atoms with E-state index in [2.05, 4.69) is 32.6 Å². The number of aromatic amines is 1. The fourth-order valence-electron chi connectivity index (χ4n) is 3.00. The number of carbonyl (C=O) groups excluding carboxylic acids is 1. The quantitative estimate of drug-likeness (QED) is 0.548. The number of anilines is 1. The first-order valence-corrected chi connectivity index (χ1v) is 8.51. The lowest BCUT2D eigenvalue weighted by Gasteiger charge is -2.05. The Morgan fingerprint density at radius 2 is 1.96 bits per heavy atom. The summed E-state index contributed by atoms with van der Waals surface area (Å²) < 4.78 is 5.15. The Balaban J connectivity index is 1.30. The molecule has 0 saturated carbocycles. The van der Waals surface area contributed by atoms with Gasteiger partial charge in [-0.1, -0.05) is 18.2 Å². The number of fused-ring (bicyclic) bond motifs is 1. The molecular formula is C20H18N4O2. The molecule has 0 aliphatic heterocycles. The zero-order valence-corrected chi connectivity index (χ0v) is 14.1. The highest BCUT2D eigenvalue weighted by Gasteiger charge is 2.07. The second-order valence-electron chi connectivity index (χ2n) is 6.08. The van der Waals surface area contributed by atoms with Crippen molar-refractivity contribution in [1.82, 2.24) is 15.2 Å². The van der Waals surface area contributed by atoms with Crippen LogP contribution in [0.25, 0.3) is 22.4 Å². The molecule has 0 atom stereocenters. The maximum Gasteiger partial charge on any atom is 0.247 e. The van der Waals surface area contributed by atoms with E-state index in [1.165, 1.54) is 17.3 Å². The lowest BCUT2D eigenvalue weighted by Crippen LogP contribution is -2.11. The summed E-state index contributed by atoms with van der Waals surface area (Å²) in [6, 6.07) is 15.6. The summed E-state index contributed by atoms with van der Waals surface area (Å²) >= 11 is 0. The van der Waals surface area contributed by atoms with Gasteiger partial charge in [0.15, 0.2) is 0 Å². The van der Waals surface area contributed by atoms with Crippen LogP contribution in [0.5, 0.6) is 0 Å². The maximum atomic E-state index is 12.2. The minimum absolute atomic E-state index is 0.00961. The van der Waals surface area contributed by atoms with Crippen molar-refractivity contribution in [2.75, 3.05) is 5.32 Å². The highest BCUT2D eigenvalue weighted by atomic mass is 16.4. The predicted octanol–water partition coefficient (Wildman–Crippen LogP) is 4.18. The van der Waals surface area contributed by atoms with Gasteiger partial charge in [-0.05, 0) is 48.7 Å². The van der Waals surface area contributed by atoms with Gasteiger partial charge >= 0.3 is 0 Å². The van der Waals surface area contributed by atoms with Crippen LogP contribution in [0.1, 0.15) is 18.4 Å². The standard InChI is InChI=1S/C20H18N4O2/c25-19(7-3-4-15-12-21-18-6-2-1-5-17(15)18)23-16-10-8-14(9-11-16)20-24-22-13-26-20/h1-2,5-6,8-13,21H,3-4,7H2,(H,23,25). The number of nitrogens with zero attached hydrogens (tertiary/aromatic N) is 2. The smallest absolute Gasteiger partial charge is 0.247 e. The van der Waals surface area contributed by atoms with Crippen LogP contribution in [0.15, 0.2) is 65.5 Å². The predicted molar refractivity (Wildman–Crippen MR) is 99.6 cm³/mol. The van der Waals surface area contributed by atoms with E-state index >= 15 is 0 Å². The molecule has 0 radical (unpaired) electrons. The first-order chi connectivity index (χ1) is 12.8. The lowest BCUT2D eigenvalue weighted by molar-refractivity contribution is -0.116. The molecule has 130 valence electrons. The molecule has 0 saturated heterocycles. The molecule has 4 rings (SSSR count). The third-order valence-electron chi connectivity index (χ3n) is 4.30. The van der Waals surface area contributed by atoms with Crippen LogP contribution in [-0.4, -0.2) is 21.1 Å². The number of amides is 1. The van der Waals surface area contributed by atoms with E-state index in [1.807, 2.05) is 42.6 Å². The minimum Gasteiger partial charge on any atom is -0.423 e. The molecule has 6 nitrogen and oxygen atoms in total. The highest BCUT2D eigenvalue weighted by molar-refractivity contribution is 5.91. The summed E-state index contributed by atoms with van der Waals surface area (Å²) in [5, 5.41) is 11.7. The van der Waals surface area contributed by atoms with Crippen LogP contribution in [0.2, 0.25) is 0 Å². The number of benzene rings is 2. The Labute approximate surface area is 150 Å². The van der Waals surface area contributed by atoms with E-state index in [0.717, 1.165) is 29.6 Å². The van der Waals surface area contributed by atoms with E-state index in [4.69, 9.17) is 4.42 Å². The molecule has 2 N–H and O–H groups in total. The van der Waals surface area contributed by atoms with Crippen LogP contribution < -0.4 is 5.32 Å². The monoisotopic (exact) mass is 346 g/mol. The Bertz CT molecular complexity index is 1000. The van der Waals surface area contributed by atoms with Crippen molar-refractivity contribution in [2.45, 2.75) is 19.3 Å². The Hall–Kier alpha value is -3.41. The summed E-state index contributed by atoms with van der Waals surface area (Å²) in [4.78, 5) is 15.4. The van der Waals surface area contributed by atoms with E-state index in [-0.39, 0.29) is 5.91 Å². The van der Waals surface area contributed by atoms with Crippen molar-refractivity contribution >= 4 is 22.5 Å². The number of para-hydroxylation sites is 1. The first kappa shape index (κ1) is 16.1. The summed E-state index contributed by atoms with van der Waals surface area (Å²) in [6.07, 6.45) is 5.46. The summed E-state index contributed by atoms with van der Waals surface area (Å²) in [7, 11) is 0. The van der Waals surface area contributed by atoms with Crippen molar-refractivity contribution in [3.63, 3.8) is 0 Å². The Morgan fingerprint density at radius 3 is 2.77 bits per heavy atom. The maximum absolute atomic E-state index is 12.2. The average Bonchev–Trinajstić information content (AvgIpc) is 3.33. The molecule has 0 aliphatic rings. The molecule has 0 fully saturated rings. The zero-order valence-electron chi connectivity index (χ0n) is 14.1. The van der Waals surface area contributed by atoms with Gasteiger partial charge in [-0.25, -0.2) is 0 Å². The molecular weight excluding hydrogens is 328 g/mol. The van der Waals surface area contributed by atoms with Gasteiger partial charge in [-0.2, -0.15) is 0 Å². The number of carbonyl (C=O) groups is 1. The van der Waals surface area contributed by atoms with Gasteiger partial charge in [0.05, 0.1) is 0 Å². The number of rotatable bonds is 6. The van der Waals surface area contributed by atoms with Gasteiger partial charge in [-0.3, -0.25) is 4.79 Å². The largest absolute Gasteiger partial charge is 0.423 e. The molecule has 2 aromatic heterocycles. The molecule has 6 heteroatoms. The highest BCUT2D eigenvalue weighted by Crippen LogP contribution is 2.21. The zero-order chi connectivity index (χ0) is 17.8. The number of hydrogen-bond donors (Lipinski definition) is 2. The van der Waals surface area contributed by atoms with Crippen LogP contribution in [-0.2, 0) is 11.2 Å². The number of nitrogens with one attached hydrogen (secondary N) is 2. The molecule has 0 bridgehead atoms. The van der Waals surface area contributed by atoms with Gasteiger partial charge < -0.3 is 14.7 Å². The molecule has 0 spiro atoms. The van der Waals surface area contributed by atoms with Crippen molar-refractivity contribution in [2.24, 2.45) is 0 Å². The molecule has 26 heavy (non-hydrogen) atoms. The fourth-order valence-corrected chi connectivity index (χ4v) is 3.00. The van der Waals surface area contributed by atoms with Crippen LogP contribution in [0.3, 0.4) is 0 Å². The Kier molecular flexibility index (Phi) is 4.47. The fraction of sp³-hybridized carbons (Fsp3) is 0.150. The number of H-pyrrole nitrogens is 1. The van der Waals surface area contributed by atoms with E-state index < -0.39 is 0 Å². The summed E-state index contributed by atoms with van der Waals surface area (Å²) in [5.74, 6) is 0.469. The first-order valence-electron chi connectivity index (χ1n) is 8.51. The van der Waals surface area contributed by atoms with Crippen molar-refractivity contribution in [3.05, 3.63) is 66.7 Å². The number of hydrogen-bond acceptors (Lipinski definition) is 4. The van der Waals surface area contributed by atoms with Gasteiger partial charge in [0, 0.05) is 34.8 Å². The molecule has 0 unspecified atom stereocenters. The van der Waals surface area contributed by atoms with Gasteiger partial charge in [-0.15, -0.1) is 10.2 Å². The van der Waals surface area contributed by atoms with Crippen molar-refractivity contribution in [3.8, 4) is 11.5 Å². The van der Waals surface area contributed by atoms with Gasteiger partial charge in [0.1, 0.15) is 0 Å². The summed E-state index contributed by atoms with van der Waals surface area (Å²) in [5.41, 5.74) is 3.95. The average molecular weight is 346 g/mol. The minimum atomic E-state index is 0.00961. The number of aryl methyl sites for hydroxylation is 1. The molecule has 0 aliphatic carbocycles. The molecule has 2 aromatic carbocycles. The third-order valence-corrected chi connectivity index (χ3v) is 4.30. The molecule has 1 amide bonds. The van der Waals surface area contributed by atoms with Crippen LogP contribution in [0, 0.1) is 0 Å². The molecule has 2 heterocycles. The summed E-state index contributed by atoms with van der Waals surface area (Å²) in [6.45, 7) is 0. The van der Waals surface area contributed by atoms with E-state index in [1.54, 1.807) is 0 Å². The topological polar surface area (TPSA) is 83.8 Å². The van der Waals surface area contributed by atoms with E-state index in [9.17, 15) is 4.79 Å². The van der Waals surface area contributed by atoms with Crippen LogP contribution >= 0.6 is 0 Å². The van der Waals surface area contributed by atoms with Gasteiger partial charge in [0.2, 0.25) is 18.2 Å². The second kappa shape index (κ2) is 7.23. The lowest BCUT2D eigenvalue weighted by atomic mass is 10.1.